The Balaban J connectivity index is 1.56. The number of aliphatic hydroxyl groups excluding tert-OH is 1. The van der Waals surface area contributed by atoms with Gasteiger partial charge in [0.2, 0.25) is 0 Å². The first kappa shape index (κ1) is 32.3. The van der Waals surface area contributed by atoms with Gasteiger partial charge in [-0.1, -0.05) is 114 Å². The number of carbonyl (C=O) groups excluding carboxylic acids is 2. The molecule has 0 bridgehead atoms. The molecular weight excluding hydrogens is 540 g/mol. The van der Waals surface area contributed by atoms with Gasteiger partial charge in [-0.2, -0.15) is 0 Å². The molecule has 7 nitrogen and oxygen atoms in total. The van der Waals surface area contributed by atoms with E-state index in [2.05, 4.69) is 6.92 Å². The van der Waals surface area contributed by atoms with Gasteiger partial charge in [0.05, 0.1) is 16.5 Å². The molecule has 222 valence electrons. The van der Waals surface area contributed by atoms with Gasteiger partial charge in [-0.25, -0.2) is 0 Å². The molecule has 1 fully saturated rings. The molecule has 1 N–H and O–H groups in total. The number of benzene rings is 2. The highest BCUT2D eigenvalue weighted by atomic mass is 35.5. The van der Waals surface area contributed by atoms with E-state index in [0.717, 1.165) is 25.7 Å². The number of hydrogen-bond acceptors (Lipinski definition) is 5. The number of aliphatic hydroxyl groups is 1. The van der Waals surface area contributed by atoms with Crippen LogP contribution in [0, 0.1) is 10.1 Å². The number of Topliss-reactive ketones (excluding diaryl/α,β-unsaturated/α-hetero) is 1. The van der Waals surface area contributed by atoms with Crippen molar-refractivity contribution in [2.45, 2.75) is 103 Å². The van der Waals surface area contributed by atoms with Crippen molar-refractivity contribution in [3.8, 4) is 0 Å². The average molecular weight is 583 g/mol. The first-order valence-corrected chi connectivity index (χ1v) is 15.5. The van der Waals surface area contributed by atoms with Crippen LogP contribution in [-0.4, -0.2) is 33.2 Å². The number of likely N-dealkylation sites (tertiary alicyclic amines) is 1. The third-order valence-electron chi connectivity index (χ3n) is 7.83. The Labute approximate surface area is 248 Å². The summed E-state index contributed by atoms with van der Waals surface area (Å²) < 4.78 is 0. The molecule has 0 aromatic heterocycles. The average Bonchev–Trinajstić information content (AvgIpc) is 3.22. The van der Waals surface area contributed by atoms with Crippen LogP contribution in [0.4, 0.5) is 5.69 Å². The third kappa shape index (κ3) is 9.42. The maximum Gasteiger partial charge on any atom is 0.295 e. The van der Waals surface area contributed by atoms with Crippen molar-refractivity contribution < 1.29 is 19.6 Å². The topological polar surface area (TPSA) is 101 Å². The summed E-state index contributed by atoms with van der Waals surface area (Å²) in [6, 6.07) is 11.4. The highest BCUT2D eigenvalue weighted by Crippen LogP contribution is 2.40. The molecule has 2 aromatic rings. The maximum absolute atomic E-state index is 13.2. The molecule has 1 unspecified atom stereocenters. The molecular formula is C33H43ClN2O5. The molecule has 3 rings (SSSR count). The van der Waals surface area contributed by atoms with Gasteiger partial charge in [-0.3, -0.25) is 19.7 Å². The summed E-state index contributed by atoms with van der Waals surface area (Å²) >= 11 is 6.09. The van der Waals surface area contributed by atoms with Crippen molar-refractivity contribution in [1.82, 2.24) is 4.90 Å². The molecule has 0 radical (unpaired) electrons. The molecule has 1 amide bonds. The number of rotatable bonds is 18. The van der Waals surface area contributed by atoms with E-state index in [1.54, 1.807) is 24.3 Å². The first-order chi connectivity index (χ1) is 19.8. The van der Waals surface area contributed by atoms with Crippen LogP contribution in [0.25, 0.3) is 5.76 Å². The minimum Gasteiger partial charge on any atom is -0.507 e. The second kappa shape index (κ2) is 16.9. The summed E-state index contributed by atoms with van der Waals surface area (Å²) in [5.41, 5.74) is 0.761. The minimum absolute atomic E-state index is 0.0171. The Kier molecular flexibility index (Phi) is 13.3. The van der Waals surface area contributed by atoms with Crippen LogP contribution in [0.5, 0.6) is 0 Å². The van der Waals surface area contributed by atoms with Gasteiger partial charge in [0, 0.05) is 29.3 Å². The molecule has 1 atom stereocenters. The van der Waals surface area contributed by atoms with Crippen LogP contribution >= 0.6 is 11.6 Å². The van der Waals surface area contributed by atoms with Crippen LogP contribution in [0.15, 0.2) is 54.1 Å². The lowest BCUT2D eigenvalue weighted by Crippen LogP contribution is -2.30. The first-order valence-electron chi connectivity index (χ1n) is 15.1. The highest BCUT2D eigenvalue weighted by Gasteiger charge is 2.45. The number of nitro benzene ring substituents is 1. The standard InChI is InChI=1S/C33H43ClN2O5/c1-2-3-4-5-6-7-8-9-10-11-12-13-14-15-24-35-30(25-16-20-27(34)21-17-25)29(32(38)33(35)39)31(37)26-18-22-28(23-19-26)36(40)41/h16-23,30,37H,2-15,24H2,1H3. The fourth-order valence-electron chi connectivity index (χ4n) is 5.48. The number of nitro groups is 1. The molecule has 2 aromatic carbocycles. The van der Waals surface area contributed by atoms with Crippen LogP contribution in [0.1, 0.15) is 114 Å². The molecule has 8 heteroatoms. The summed E-state index contributed by atoms with van der Waals surface area (Å²) in [6.07, 6.45) is 17.2. The van der Waals surface area contributed by atoms with E-state index in [1.807, 2.05) is 0 Å². The summed E-state index contributed by atoms with van der Waals surface area (Å²) in [5, 5.41) is 22.7. The Morgan fingerprint density at radius 2 is 1.29 bits per heavy atom. The SMILES string of the molecule is CCCCCCCCCCCCCCCCN1C(=O)C(=O)C(=C(O)c2ccc([N+](=O)[O-])cc2)C1c1ccc(Cl)cc1. The highest BCUT2D eigenvalue weighted by molar-refractivity contribution is 6.46. The van der Waals surface area contributed by atoms with Gasteiger partial charge in [-0.05, 0) is 36.2 Å². The molecule has 0 saturated carbocycles. The maximum atomic E-state index is 13.2. The number of unbranched alkanes of at least 4 members (excludes halogenated alkanes) is 13. The predicted octanol–water partition coefficient (Wildman–Crippen LogP) is 9.15. The lowest BCUT2D eigenvalue weighted by atomic mass is 9.95. The van der Waals surface area contributed by atoms with Crippen LogP contribution < -0.4 is 0 Å². The molecule has 41 heavy (non-hydrogen) atoms. The molecule has 0 spiro atoms. The van der Waals surface area contributed by atoms with Crippen molar-refractivity contribution >= 4 is 34.7 Å². The van der Waals surface area contributed by atoms with E-state index >= 15 is 0 Å². The number of amides is 1. The summed E-state index contributed by atoms with van der Waals surface area (Å²) in [6.45, 7) is 2.64. The lowest BCUT2D eigenvalue weighted by Gasteiger charge is -2.25. The zero-order valence-corrected chi connectivity index (χ0v) is 24.9. The van der Waals surface area contributed by atoms with E-state index in [1.165, 1.54) is 93.4 Å². The fraction of sp³-hybridized carbons (Fsp3) is 0.515. The normalized spacial score (nSPS) is 16.4. The van der Waals surface area contributed by atoms with E-state index in [4.69, 9.17) is 11.6 Å². The molecule has 1 saturated heterocycles. The number of ketones is 1. The Bertz CT molecular complexity index is 1180. The molecule has 1 aliphatic rings. The van der Waals surface area contributed by atoms with Gasteiger partial charge in [0.15, 0.2) is 0 Å². The number of hydrogen-bond donors (Lipinski definition) is 1. The Morgan fingerprint density at radius 3 is 1.78 bits per heavy atom. The fourth-order valence-corrected chi connectivity index (χ4v) is 5.60. The summed E-state index contributed by atoms with van der Waals surface area (Å²) in [7, 11) is 0. The third-order valence-corrected chi connectivity index (χ3v) is 8.08. The molecule has 0 aliphatic carbocycles. The minimum atomic E-state index is -0.760. The van der Waals surface area contributed by atoms with Gasteiger partial charge < -0.3 is 10.0 Å². The van der Waals surface area contributed by atoms with E-state index in [-0.39, 0.29) is 22.6 Å². The molecule has 1 heterocycles. The zero-order valence-electron chi connectivity index (χ0n) is 24.2. The van der Waals surface area contributed by atoms with Crippen LogP contribution in [-0.2, 0) is 9.59 Å². The summed E-state index contributed by atoms with van der Waals surface area (Å²) in [4.78, 5) is 38.3. The van der Waals surface area contributed by atoms with Crippen molar-refractivity contribution in [3.05, 3.63) is 80.4 Å². The lowest BCUT2D eigenvalue weighted by molar-refractivity contribution is -0.384. The van der Waals surface area contributed by atoms with Crippen LogP contribution in [0.2, 0.25) is 5.02 Å². The second-order valence-electron chi connectivity index (χ2n) is 10.9. The van der Waals surface area contributed by atoms with Crippen molar-refractivity contribution in [1.29, 1.82) is 0 Å². The monoisotopic (exact) mass is 582 g/mol. The molecule has 1 aliphatic heterocycles. The Hall–Kier alpha value is -3.19. The zero-order chi connectivity index (χ0) is 29.6. The van der Waals surface area contributed by atoms with Crippen molar-refractivity contribution in [3.63, 3.8) is 0 Å². The van der Waals surface area contributed by atoms with Crippen LogP contribution in [0.3, 0.4) is 0 Å². The number of halogens is 1. The number of non-ortho nitro benzene ring substituents is 1. The Morgan fingerprint density at radius 1 is 0.805 bits per heavy atom. The largest absolute Gasteiger partial charge is 0.507 e. The van der Waals surface area contributed by atoms with Crippen molar-refractivity contribution in [2.75, 3.05) is 6.54 Å². The number of carbonyl (C=O) groups is 2. The smallest absolute Gasteiger partial charge is 0.295 e. The summed E-state index contributed by atoms with van der Waals surface area (Å²) in [5.74, 6) is -1.75. The van der Waals surface area contributed by atoms with E-state index < -0.39 is 22.7 Å². The van der Waals surface area contributed by atoms with E-state index in [0.29, 0.717) is 17.1 Å². The van der Waals surface area contributed by atoms with Crippen molar-refractivity contribution in [2.24, 2.45) is 0 Å². The predicted molar refractivity (Wildman–Crippen MR) is 164 cm³/mol. The van der Waals surface area contributed by atoms with Gasteiger partial charge >= 0.3 is 0 Å². The number of nitrogens with zero attached hydrogens (tertiary/aromatic N) is 2. The van der Waals surface area contributed by atoms with Gasteiger partial charge in [0.1, 0.15) is 5.76 Å². The van der Waals surface area contributed by atoms with Gasteiger partial charge in [0.25, 0.3) is 17.4 Å². The van der Waals surface area contributed by atoms with Gasteiger partial charge in [-0.15, -0.1) is 0 Å². The van der Waals surface area contributed by atoms with E-state index in [9.17, 15) is 24.8 Å². The second-order valence-corrected chi connectivity index (χ2v) is 11.4. The quantitative estimate of drug-likeness (QED) is 0.0471.